The molecule has 2 aromatic heterocycles. The van der Waals surface area contributed by atoms with Gasteiger partial charge in [-0.2, -0.15) is 4.98 Å². The molecule has 100 valence electrons. The number of nitrogens with zero attached hydrogens (tertiary/aromatic N) is 3. The van der Waals surface area contributed by atoms with Crippen molar-refractivity contribution in [2.24, 2.45) is 0 Å². The molecule has 0 aliphatic carbocycles. The summed E-state index contributed by atoms with van der Waals surface area (Å²) < 4.78 is 17.9. The molecule has 2 aromatic rings. The van der Waals surface area contributed by atoms with Crippen LogP contribution in [0.4, 0.5) is 10.2 Å². The fourth-order valence-electron chi connectivity index (χ4n) is 1.52. The molecule has 0 aliphatic heterocycles. The third-order valence-electron chi connectivity index (χ3n) is 2.49. The number of nitrogens with one attached hydrogen (secondary N) is 1. The van der Waals surface area contributed by atoms with Crippen molar-refractivity contribution < 1.29 is 9.13 Å². The van der Waals surface area contributed by atoms with Crippen molar-refractivity contribution in [2.75, 3.05) is 12.4 Å². The van der Waals surface area contributed by atoms with Gasteiger partial charge in [0.05, 0.1) is 31.2 Å². The summed E-state index contributed by atoms with van der Waals surface area (Å²) in [5.74, 6) is 0.554. The number of methoxy groups -OCH3 is 1. The minimum absolute atomic E-state index is 0.113. The molecule has 19 heavy (non-hydrogen) atoms. The summed E-state index contributed by atoms with van der Waals surface area (Å²) in [7, 11) is 1.51. The summed E-state index contributed by atoms with van der Waals surface area (Å²) in [6, 6.07) is 2.77. The van der Waals surface area contributed by atoms with E-state index in [1.54, 1.807) is 6.07 Å². The molecular formula is C12H12ClFN4O. The summed E-state index contributed by atoms with van der Waals surface area (Å²) in [6.07, 6.45) is 2.64. The Bertz CT molecular complexity index is 564. The first-order valence-corrected chi connectivity index (χ1v) is 5.92. The smallest absolute Gasteiger partial charge is 0.224 e. The van der Waals surface area contributed by atoms with Gasteiger partial charge in [-0.3, -0.25) is 4.98 Å². The maximum Gasteiger partial charge on any atom is 0.224 e. The summed E-state index contributed by atoms with van der Waals surface area (Å²) in [6.45, 7) is 1.87. The van der Waals surface area contributed by atoms with E-state index in [9.17, 15) is 4.39 Å². The lowest BCUT2D eigenvalue weighted by molar-refractivity contribution is 0.412. The van der Waals surface area contributed by atoms with Gasteiger partial charge in [-0.15, -0.1) is 0 Å². The predicted octanol–water partition coefficient (Wildman–Crippen LogP) is 2.85. The third kappa shape index (κ3) is 3.29. The van der Waals surface area contributed by atoms with Crippen molar-refractivity contribution >= 4 is 17.4 Å². The largest absolute Gasteiger partial charge is 0.491 e. The molecule has 2 rings (SSSR count). The third-order valence-corrected chi connectivity index (χ3v) is 2.67. The second kappa shape index (κ2) is 5.79. The number of hydrogen-bond acceptors (Lipinski definition) is 5. The van der Waals surface area contributed by atoms with Gasteiger partial charge in [0.15, 0.2) is 11.6 Å². The van der Waals surface area contributed by atoms with E-state index in [1.807, 2.05) is 6.92 Å². The summed E-state index contributed by atoms with van der Waals surface area (Å²) in [5, 5.41) is 3.21. The van der Waals surface area contributed by atoms with E-state index in [0.29, 0.717) is 17.3 Å². The lowest BCUT2D eigenvalue weighted by Crippen LogP contribution is -2.11. The lowest BCUT2D eigenvalue weighted by atomic mass is 10.2. The zero-order chi connectivity index (χ0) is 13.8. The average Bonchev–Trinajstić information content (AvgIpc) is 2.39. The molecule has 0 saturated carbocycles. The Hall–Kier alpha value is -1.95. The van der Waals surface area contributed by atoms with Gasteiger partial charge in [0.25, 0.3) is 0 Å². The molecule has 7 heteroatoms. The summed E-state index contributed by atoms with van der Waals surface area (Å²) in [4.78, 5) is 11.9. The number of pyridine rings is 1. The van der Waals surface area contributed by atoms with Crippen molar-refractivity contribution in [3.8, 4) is 5.75 Å². The molecule has 2 heterocycles. The lowest BCUT2D eigenvalue weighted by Gasteiger charge is -2.15. The normalized spacial score (nSPS) is 12.0. The number of hydrogen-bond donors (Lipinski definition) is 1. The Morgan fingerprint density at radius 1 is 1.32 bits per heavy atom. The first-order valence-electron chi connectivity index (χ1n) is 5.54. The maximum absolute atomic E-state index is 12.8. The quantitative estimate of drug-likeness (QED) is 0.874. The highest BCUT2D eigenvalue weighted by molar-refractivity contribution is 6.28. The average molecular weight is 283 g/mol. The van der Waals surface area contributed by atoms with Crippen molar-refractivity contribution in [3.63, 3.8) is 0 Å². The summed E-state index contributed by atoms with van der Waals surface area (Å²) >= 11 is 5.74. The fraction of sp³-hybridized carbons (Fsp3) is 0.250. The molecule has 0 aromatic carbocycles. The van der Waals surface area contributed by atoms with Crippen LogP contribution in [-0.4, -0.2) is 22.1 Å². The van der Waals surface area contributed by atoms with Crippen LogP contribution in [0.25, 0.3) is 0 Å². The molecule has 0 bridgehead atoms. The Labute approximate surface area is 114 Å². The van der Waals surface area contributed by atoms with E-state index in [2.05, 4.69) is 20.3 Å². The van der Waals surface area contributed by atoms with Crippen LogP contribution < -0.4 is 10.1 Å². The number of halogens is 2. The van der Waals surface area contributed by atoms with Gasteiger partial charge in [-0.1, -0.05) is 0 Å². The van der Waals surface area contributed by atoms with Crippen molar-refractivity contribution in [2.45, 2.75) is 13.0 Å². The van der Waals surface area contributed by atoms with E-state index in [-0.39, 0.29) is 17.1 Å². The van der Waals surface area contributed by atoms with Crippen LogP contribution in [0.3, 0.4) is 0 Å². The molecule has 0 spiro atoms. The topological polar surface area (TPSA) is 59.9 Å². The Balaban J connectivity index is 2.20. The molecule has 5 nitrogen and oxygen atoms in total. The van der Waals surface area contributed by atoms with Crippen LogP contribution in [0.2, 0.25) is 5.28 Å². The van der Waals surface area contributed by atoms with Crippen LogP contribution in [-0.2, 0) is 0 Å². The van der Waals surface area contributed by atoms with Gasteiger partial charge in [0.1, 0.15) is 5.82 Å². The zero-order valence-corrected chi connectivity index (χ0v) is 11.1. The van der Waals surface area contributed by atoms with Gasteiger partial charge in [0.2, 0.25) is 5.28 Å². The standard InChI is InChI=1S/C12H12ClFN4O/c1-7(9-4-3-8(14)5-15-9)17-11-10(19-2)6-16-12(13)18-11/h3-7H,1-2H3,(H,16,17,18). The molecule has 0 radical (unpaired) electrons. The highest BCUT2D eigenvalue weighted by atomic mass is 35.5. The Kier molecular flexibility index (Phi) is 4.11. The van der Waals surface area contributed by atoms with E-state index in [0.717, 1.165) is 6.20 Å². The molecule has 1 N–H and O–H groups in total. The fourth-order valence-corrected chi connectivity index (χ4v) is 1.66. The van der Waals surface area contributed by atoms with Gasteiger partial charge < -0.3 is 10.1 Å². The van der Waals surface area contributed by atoms with Gasteiger partial charge in [0, 0.05) is 0 Å². The van der Waals surface area contributed by atoms with E-state index >= 15 is 0 Å². The highest BCUT2D eigenvalue weighted by Crippen LogP contribution is 2.25. The van der Waals surface area contributed by atoms with Crippen LogP contribution in [0.5, 0.6) is 5.75 Å². The number of aromatic nitrogens is 3. The van der Waals surface area contributed by atoms with Gasteiger partial charge >= 0.3 is 0 Å². The monoisotopic (exact) mass is 282 g/mol. The molecular weight excluding hydrogens is 271 g/mol. The van der Waals surface area contributed by atoms with E-state index in [1.165, 1.54) is 19.4 Å². The van der Waals surface area contributed by atoms with Gasteiger partial charge in [-0.25, -0.2) is 9.37 Å². The first-order chi connectivity index (χ1) is 9.10. The van der Waals surface area contributed by atoms with E-state index in [4.69, 9.17) is 16.3 Å². The second-order valence-electron chi connectivity index (χ2n) is 3.82. The first kappa shape index (κ1) is 13.5. The van der Waals surface area contributed by atoms with E-state index < -0.39 is 0 Å². The zero-order valence-electron chi connectivity index (χ0n) is 10.4. The number of rotatable bonds is 4. The number of ether oxygens (including phenoxy) is 1. The van der Waals surface area contributed by atoms with Gasteiger partial charge in [-0.05, 0) is 30.7 Å². The maximum atomic E-state index is 12.8. The molecule has 0 saturated heterocycles. The molecule has 1 atom stereocenters. The minimum Gasteiger partial charge on any atom is -0.491 e. The Morgan fingerprint density at radius 3 is 2.74 bits per heavy atom. The second-order valence-corrected chi connectivity index (χ2v) is 4.16. The predicted molar refractivity (Wildman–Crippen MR) is 69.8 cm³/mol. The van der Waals surface area contributed by atoms with Crippen molar-refractivity contribution in [3.05, 3.63) is 41.3 Å². The van der Waals surface area contributed by atoms with Crippen molar-refractivity contribution in [1.29, 1.82) is 0 Å². The Morgan fingerprint density at radius 2 is 2.11 bits per heavy atom. The molecule has 0 aliphatic rings. The summed E-state index contributed by atoms with van der Waals surface area (Å²) in [5.41, 5.74) is 0.679. The van der Waals surface area contributed by atoms with Crippen LogP contribution in [0, 0.1) is 5.82 Å². The van der Waals surface area contributed by atoms with Crippen LogP contribution in [0.1, 0.15) is 18.7 Å². The molecule has 1 unspecified atom stereocenters. The number of anilines is 1. The minimum atomic E-state index is -0.376. The molecule has 0 amide bonds. The van der Waals surface area contributed by atoms with Crippen LogP contribution >= 0.6 is 11.6 Å². The SMILES string of the molecule is COc1cnc(Cl)nc1NC(C)c1ccc(F)cn1. The van der Waals surface area contributed by atoms with Crippen molar-refractivity contribution in [1.82, 2.24) is 15.0 Å². The highest BCUT2D eigenvalue weighted by Gasteiger charge is 2.12. The van der Waals surface area contributed by atoms with Crippen LogP contribution in [0.15, 0.2) is 24.5 Å². The molecule has 0 fully saturated rings.